The summed E-state index contributed by atoms with van der Waals surface area (Å²) in [6.45, 7) is -0.408. The standard InChI is InChI=1S/C9H13NO4S.H3O4P/c1-14-9-3-2-7(6-8(9)10)15(12,13)5-4-11;1-5(2,3)4/h2-3,6,11H,4-5,10H2,1H3;(H3,1,2,3,4). The molecule has 0 radical (unpaired) electrons. The van der Waals surface area contributed by atoms with Gasteiger partial charge in [0.1, 0.15) is 5.75 Å². The monoisotopic (exact) mass is 329 g/mol. The molecule has 0 fully saturated rings. The van der Waals surface area contributed by atoms with Crippen molar-refractivity contribution in [2.45, 2.75) is 4.90 Å². The third-order valence-electron chi connectivity index (χ3n) is 1.92. The lowest BCUT2D eigenvalue weighted by molar-refractivity contribution is 0.275. The van der Waals surface area contributed by atoms with Gasteiger partial charge in [-0.05, 0) is 18.2 Å². The number of ether oxygens (including phenoxy) is 1. The fourth-order valence-electron chi connectivity index (χ4n) is 1.14. The number of hydrogen-bond donors (Lipinski definition) is 5. The second-order valence-electron chi connectivity index (χ2n) is 3.46. The lowest BCUT2D eigenvalue weighted by Crippen LogP contribution is -2.10. The highest BCUT2D eigenvalue weighted by atomic mass is 32.2. The van der Waals surface area contributed by atoms with Crippen molar-refractivity contribution >= 4 is 23.3 Å². The third kappa shape index (κ3) is 7.43. The molecule has 0 saturated heterocycles. The van der Waals surface area contributed by atoms with E-state index < -0.39 is 24.3 Å². The highest BCUT2D eigenvalue weighted by Gasteiger charge is 2.14. The number of phosphoric acid groups is 1. The molecule has 0 heterocycles. The summed E-state index contributed by atoms with van der Waals surface area (Å²) in [7, 11) is -6.63. The van der Waals surface area contributed by atoms with Gasteiger partial charge in [0.15, 0.2) is 9.84 Å². The number of methoxy groups -OCH3 is 1. The van der Waals surface area contributed by atoms with E-state index in [1.165, 1.54) is 25.3 Å². The number of aliphatic hydroxyl groups excluding tert-OH is 1. The highest BCUT2D eigenvalue weighted by molar-refractivity contribution is 7.91. The van der Waals surface area contributed by atoms with Gasteiger partial charge in [-0.1, -0.05) is 0 Å². The minimum absolute atomic E-state index is 0.0925. The number of hydrogen-bond acceptors (Lipinski definition) is 6. The van der Waals surface area contributed by atoms with Crippen LogP contribution in [-0.2, 0) is 14.4 Å². The number of sulfone groups is 1. The van der Waals surface area contributed by atoms with Crippen LogP contribution in [0.3, 0.4) is 0 Å². The van der Waals surface area contributed by atoms with Crippen molar-refractivity contribution < 1.29 is 37.5 Å². The molecule has 9 nitrogen and oxygen atoms in total. The molecule has 0 aliphatic rings. The Hall–Kier alpha value is -1.16. The van der Waals surface area contributed by atoms with Gasteiger partial charge in [0.25, 0.3) is 0 Å². The predicted octanol–water partition coefficient (Wildman–Crippen LogP) is -0.885. The lowest BCUT2D eigenvalue weighted by Gasteiger charge is -2.07. The highest BCUT2D eigenvalue weighted by Crippen LogP contribution is 2.26. The van der Waals surface area contributed by atoms with E-state index in [1.807, 2.05) is 0 Å². The van der Waals surface area contributed by atoms with Crippen molar-refractivity contribution in [3.63, 3.8) is 0 Å². The molecule has 20 heavy (non-hydrogen) atoms. The molecule has 11 heteroatoms. The Kier molecular flexibility index (Phi) is 7.14. The summed E-state index contributed by atoms with van der Waals surface area (Å²) in [6.07, 6.45) is 0. The Balaban J connectivity index is 0.000000621. The Morgan fingerprint density at radius 2 is 1.80 bits per heavy atom. The van der Waals surface area contributed by atoms with E-state index in [-0.39, 0.29) is 16.3 Å². The molecule has 1 rings (SSSR count). The summed E-state index contributed by atoms with van der Waals surface area (Å²) in [5.41, 5.74) is 5.83. The average Bonchev–Trinajstić information content (AvgIpc) is 2.26. The van der Waals surface area contributed by atoms with E-state index >= 15 is 0 Å². The first-order valence-electron chi connectivity index (χ1n) is 5.06. The molecule has 0 aromatic heterocycles. The van der Waals surface area contributed by atoms with Gasteiger partial charge < -0.3 is 30.3 Å². The summed E-state index contributed by atoms with van der Waals surface area (Å²) in [5.74, 6) is 0.122. The fraction of sp³-hybridized carbons (Fsp3) is 0.333. The normalized spacial score (nSPS) is 11.4. The molecule has 0 saturated carbocycles. The van der Waals surface area contributed by atoms with Crippen LogP contribution in [0, 0.1) is 0 Å². The number of nitrogens with two attached hydrogens (primary N) is 1. The molecule has 1 aromatic carbocycles. The minimum atomic E-state index is -4.64. The predicted molar refractivity (Wildman–Crippen MR) is 70.8 cm³/mol. The lowest BCUT2D eigenvalue weighted by atomic mass is 10.3. The second kappa shape index (κ2) is 7.58. The minimum Gasteiger partial charge on any atom is -0.495 e. The Morgan fingerprint density at radius 1 is 1.30 bits per heavy atom. The number of benzene rings is 1. The van der Waals surface area contributed by atoms with Crippen LogP contribution in [0.25, 0.3) is 0 Å². The maximum absolute atomic E-state index is 11.5. The van der Waals surface area contributed by atoms with Crippen LogP contribution >= 0.6 is 7.82 Å². The number of aliphatic hydroxyl groups is 1. The molecule has 6 N–H and O–H groups in total. The number of anilines is 1. The van der Waals surface area contributed by atoms with Crippen LogP contribution in [0.15, 0.2) is 23.1 Å². The van der Waals surface area contributed by atoms with Crippen LogP contribution in [-0.4, -0.2) is 47.7 Å². The van der Waals surface area contributed by atoms with E-state index in [4.69, 9.17) is 34.8 Å². The summed E-state index contributed by atoms with van der Waals surface area (Å²) in [5, 5.41) is 8.60. The summed E-state index contributed by atoms with van der Waals surface area (Å²) >= 11 is 0. The van der Waals surface area contributed by atoms with E-state index in [1.54, 1.807) is 0 Å². The summed E-state index contributed by atoms with van der Waals surface area (Å²) in [4.78, 5) is 21.7. The van der Waals surface area contributed by atoms with Crippen LogP contribution in [0.1, 0.15) is 0 Å². The molecule has 1 aromatic rings. The Bertz CT molecular complexity index is 573. The zero-order valence-corrected chi connectivity index (χ0v) is 12.2. The van der Waals surface area contributed by atoms with E-state index in [0.29, 0.717) is 5.75 Å². The number of nitrogen functional groups attached to an aromatic ring is 1. The first-order chi connectivity index (χ1) is 9.01. The fourth-order valence-corrected chi connectivity index (χ4v) is 2.20. The molecule has 0 aliphatic carbocycles. The Labute approximate surface area is 115 Å². The van der Waals surface area contributed by atoms with Gasteiger partial charge in [-0.15, -0.1) is 0 Å². The molecule has 0 amide bonds. The van der Waals surface area contributed by atoms with Gasteiger partial charge in [-0.25, -0.2) is 13.0 Å². The van der Waals surface area contributed by atoms with Gasteiger partial charge in [0.05, 0.1) is 30.1 Å². The molecule has 0 bridgehead atoms. The van der Waals surface area contributed by atoms with Crippen molar-refractivity contribution in [3.8, 4) is 5.75 Å². The van der Waals surface area contributed by atoms with E-state index in [9.17, 15) is 8.42 Å². The molecular formula is C9H16NO8PS. The van der Waals surface area contributed by atoms with Crippen molar-refractivity contribution in [3.05, 3.63) is 18.2 Å². The zero-order chi connectivity index (χ0) is 16.0. The zero-order valence-electron chi connectivity index (χ0n) is 10.5. The van der Waals surface area contributed by atoms with Gasteiger partial charge in [0, 0.05) is 0 Å². The van der Waals surface area contributed by atoms with Gasteiger partial charge >= 0.3 is 7.82 Å². The van der Waals surface area contributed by atoms with Gasteiger partial charge in [0.2, 0.25) is 0 Å². The van der Waals surface area contributed by atoms with Crippen molar-refractivity contribution in [2.75, 3.05) is 25.2 Å². The third-order valence-corrected chi connectivity index (χ3v) is 3.61. The van der Waals surface area contributed by atoms with Crippen LogP contribution < -0.4 is 10.5 Å². The van der Waals surface area contributed by atoms with Gasteiger partial charge in [-0.2, -0.15) is 0 Å². The SMILES string of the molecule is COc1ccc(S(=O)(=O)CCO)cc1N.O=P(O)(O)O. The van der Waals surface area contributed by atoms with E-state index in [2.05, 4.69) is 0 Å². The van der Waals surface area contributed by atoms with Crippen LogP contribution in [0.2, 0.25) is 0 Å². The average molecular weight is 329 g/mol. The van der Waals surface area contributed by atoms with Crippen molar-refractivity contribution in [1.82, 2.24) is 0 Å². The molecule has 116 valence electrons. The summed E-state index contributed by atoms with van der Waals surface area (Å²) in [6, 6.07) is 4.21. The quantitative estimate of drug-likeness (QED) is 0.348. The second-order valence-corrected chi connectivity index (χ2v) is 6.60. The molecule has 0 aliphatic heterocycles. The smallest absolute Gasteiger partial charge is 0.466 e. The molecule has 0 spiro atoms. The first kappa shape index (κ1) is 18.8. The largest absolute Gasteiger partial charge is 0.495 e. The number of rotatable bonds is 4. The molecule has 0 unspecified atom stereocenters. The maximum Gasteiger partial charge on any atom is 0.466 e. The van der Waals surface area contributed by atoms with Gasteiger partial charge in [-0.3, -0.25) is 0 Å². The van der Waals surface area contributed by atoms with Crippen molar-refractivity contribution in [1.29, 1.82) is 0 Å². The molecular weight excluding hydrogens is 313 g/mol. The topological polar surface area (TPSA) is 167 Å². The van der Waals surface area contributed by atoms with Crippen LogP contribution in [0.5, 0.6) is 5.75 Å². The first-order valence-corrected chi connectivity index (χ1v) is 8.28. The molecule has 0 atom stereocenters. The maximum atomic E-state index is 11.5. The summed E-state index contributed by atoms with van der Waals surface area (Å²) < 4.78 is 36.8. The van der Waals surface area contributed by atoms with Crippen LogP contribution in [0.4, 0.5) is 5.69 Å². The van der Waals surface area contributed by atoms with Crippen molar-refractivity contribution in [2.24, 2.45) is 0 Å². The Morgan fingerprint density at radius 3 is 2.15 bits per heavy atom. The van der Waals surface area contributed by atoms with E-state index in [0.717, 1.165) is 0 Å².